The minimum absolute atomic E-state index is 0.133. The summed E-state index contributed by atoms with van der Waals surface area (Å²) < 4.78 is 26.8. The smallest absolute Gasteiger partial charge is 0.472 e. The molecule has 0 aliphatic carbocycles. The zero-order valence-corrected chi connectivity index (χ0v) is 35.1. The molecule has 0 rings (SSSR count). The Morgan fingerprint density at radius 2 is 1.05 bits per heavy atom. The molecule has 0 aliphatic rings. The Labute approximate surface area is 333 Å². The molecule has 0 fully saturated rings. The SMILES string of the molecule is CC/C=C\C/C=C\C/C=C\CCCCCCCC(=O)OCC(O)COP(=O)(O)OCC(NC(=O)CCCCCCC/C=C\CCCCCCCCC)C(=O)O. The van der Waals surface area contributed by atoms with E-state index in [9.17, 15) is 34.1 Å². The van der Waals surface area contributed by atoms with Crippen LogP contribution in [0.5, 0.6) is 0 Å². The molecule has 318 valence electrons. The average molecular weight is 798 g/mol. The van der Waals surface area contributed by atoms with Gasteiger partial charge in [0.25, 0.3) is 0 Å². The topological polar surface area (TPSA) is 169 Å². The zero-order chi connectivity index (χ0) is 40.7. The third-order valence-corrected chi connectivity index (χ3v) is 9.80. The number of hydrogen-bond donors (Lipinski definition) is 4. The van der Waals surface area contributed by atoms with Crippen LogP contribution in [-0.4, -0.2) is 64.9 Å². The van der Waals surface area contributed by atoms with Crippen molar-refractivity contribution in [3.8, 4) is 0 Å². The van der Waals surface area contributed by atoms with E-state index in [4.69, 9.17) is 13.8 Å². The number of amides is 1. The quantitative estimate of drug-likeness (QED) is 0.0203. The molecule has 0 heterocycles. The number of aliphatic carboxylic acids is 1. The van der Waals surface area contributed by atoms with E-state index in [0.29, 0.717) is 12.8 Å². The highest BCUT2D eigenvalue weighted by atomic mass is 31.2. The van der Waals surface area contributed by atoms with Gasteiger partial charge >= 0.3 is 19.8 Å². The predicted octanol–water partition coefficient (Wildman–Crippen LogP) is 10.6. The van der Waals surface area contributed by atoms with Crippen LogP contribution in [0.1, 0.15) is 174 Å². The minimum atomic E-state index is -4.76. The Hall–Kier alpha value is -2.56. The number of allylic oxidation sites excluding steroid dienone is 8. The summed E-state index contributed by atoms with van der Waals surface area (Å²) in [6, 6.07) is -1.55. The third-order valence-electron chi connectivity index (χ3n) is 8.85. The molecule has 0 aliphatic heterocycles. The molecule has 0 bridgehead atoms. The molecule has 4 N–H and O–H groups in total. The van der Waals surface area contributed by atoms with Crippen LogP contribution in [0.15, 0.2) is 48.6 Å². The summed E-state index contributed by atoms with van der Waals surface area (Å²) in [4.78, 5) is 45.8. The lowest BCUT2D eigenvalue weighted by molar-refractivity contribution is -0.147. The summed E-state index contributed by atoms with van der Waals surface area (Å²) in [5.74, 6) is -2.41. The molecule has 0 saturated heterocycles. The molecular weight excluding hydrogens is 721 g/mol. The molecular formula is C43H76NO10P. The second-order valence-electron chi connectivity index (χ2n) is 14.1. The lowest BCUT2D eigenvalue weighted by Crippen LogP contribution is -2.43. The van der Waals surface area contributed by atoms with Gasteiger partial charge in [-0.2, -0.15) is 0 Å². The van der Waals surface area contributed by atoms with Gasteiger partial charge in [-0.05, 0) is 70.6 Å². The van der Waals surface area contributed by atoms with Gasteiger partial charge in [-0.25, -0.2) is 9.36 Å². The van der Waals surface area contributed by atoms with Crippen LogP contribution in [0, 0.1) is 0 Å². The van der Waals surface area contributed by atoms with E-state index in [-0.39, 0.29) is 12.8 Å². The maximum Gasteiger partial charge on any atom is 0.472 e. The molecule has 3 atom stereocenters. The fourth-order valence-corrected chi connectivity index (χ4v) is 6.33. The zero-order valence-electron chi connectivity index (χ0n) is 34.2. The largest absolute Gasteiger partial charge is 0.480 e. The van der Waals surface area contributed by atoms with Gasteiger partial charge in [0.15, 0.2) is 6.04 Å². The van der Waals surface area contributed by atoms with Crippen molar-refractivity contribution in [2.75, 3.05) is 19.8 Å². The Balaban J connectivity index is 3.96. The molecule has 0 aromatic heterocycles. The number of nitrogens with one attached hydrogen (secondary N) is 1. The van der Waals surface area contributed by atoms with Crippen molar-refractivity contribution >= 4 is 25.7 Å². The summed E-state index contributed by atoms with van der Waals surface area (Å²) >= 11 is 0. The van der Waals surface area contributed by atoms with Crippen LogP contribution >= 0.6 is 7.82 Å². The number of phosphoric acid groups is 1. The monoisotopic (exact) mass is 798 g/mol. The van der Waals surface area contributed by atoms with Crippen molar-refractivity contribution in [3.63, 3.8) is 0 Å². The number of aliphatic hydroxyl groups excluding tert-OH is 1. The lowest BCUT2D eigenvalue weighted by atomic mass is 10.1. The first-order chi connectivity index (χ1) is 26.6. The van der Waals surface area contributed by atoms with Gasteiger partial charge in [0.2, 0.25) is 5.91 Å². The average Bonchev–Trinajstić information content (AvgIpc) is 3.16. The van der Waals surface area contributed by atoms with Gasteiger partial charge in [0.1, 0.15) is 12.7 Å². The van der Waals surface area contributed by atoms with Crippen LogP contribution in [0.2, 0.25) is 0 Å². The normalized spacial score (nSPS) is 14.3. The Bertz CT molecular complexity index is 1120. The number of carboxylic acid groups (broad SMARTS) is 1. The summed E-state index contributed by atoms with van der Waals surface area (Å²) in [5.41, 5.74) is 0. The highest BCUT2D eigenvalue weighted by molar-refractivity contribution is 7.47. The summed E-state index contributed by atoms with van der Waals surface area (Å²) in [7, 11) is -4.76. The number of rotatable bonds is 39. The molecule has 11 nitrogen and oxygen atoms in total. The first-order valence-corrected chi connectivity index (χ1v) is 22.7. The van der Waals surface area contributed by atoms with Gasteiger partial charge in [-0.1, -0.05) is 140 Å². The van der Waals surface area contributed by atoms with Crippen molar-refractivity contribution in [1.82, 2.24) is 5.32 Å². The molecule has 55 heavy (non-hydrogen) atoms. The van der Waals surface area contributed by atoms with Gasteiger partial charge in [-0.15, -0.1) is 0 Å². The van der Waals surface area contributed by atoms with Gasteiger partial charge < -0.3 is 25.2 Å². The van der Waals surface area contributed by atoms with Crippen molar-refractivity contribution in [2.45, 2.75) is 187 Å². The number of carbonyl (C=O) groups excluding carboxylic acids is 2. The first kappa shape index (κ1) is 52.4. The fraction of sp³-hybridized carbons (Fsp3) is 0.744. The second-order valence-corrected chi connectivity index (χ2v) is 15.6. The van der Waals surface area contributed by atoms with Crippen molar-refractivity contribution in [2.24, 2.45) is 0 Å². The molecule has 0 radical (unpaired) electrons. The van der Waals surface area contributed by atoms with Crippen molar-refractivity contribution in [3.05, 3.63) is 48.6 Å². The van der Waals surface area contributed by atoms with E-state index < -0.39 is 57.6 Å². The van der Waals surface area contributed by atoms with E-state index in [0.717, 1.165) is 89.9 Å². The van der Waals surface area contributed by atoms with Crippen molar-refractivity contribution < 1.29 is 47.8 Å². The van der Waals surface area contributed by atoms with Crippen LogP contribution in [-0.2, 0) is 32.7 Å². The van der Waals surface area contributed by atoms with E-state index in [1.807, 2.05) is 0 Å². The predicted molar refractivity (Wildman–Crippen MR) is 222 cm³/mol. The molecule has 0 spiro atoms. The molecule has 0 saturated carbocycles. The summed E-state index contributed by atoms with van der Waals surface area (Å²) in [6.45, 7) is 2.44. The Kier molecular flexibility index (Phi) is 36.5. The highest BCUT2D eigenvalue weighted by Gasteiger charge is 2.28. The molecule has 12 heteroatoms. The second kappa shape index (κ2) is 38.3. The number of phosphoric ester groups is 1. The number of esters is 1. The van der Waals surface area contributed by atoms with E-state index >= 15 is 0 Å². The number of hydrogen-bond acceptors (Lipinski definition) is 8. The van der Waals surface area contributed by atoms with Gasteiger partial charge in [0, 0.05) is 12.8 Å². The van der Waals surface area contributed by atoms with E-state index in [2.05, 4.69) is 67.8 Å². The molecule has 3 unspecified atom stereocenters. The van der Waals surface area contributed by atoms with Crippen LogP contribution in [0.4, 0.5) is 0 Å². The third kappa shape index (κ3) is 38.1. The maximum atomic E-state index is 12.3. The van der Waals surface area contributed by atoms with E-state index in [1.54, 1.807) is 0 Å². The Morgan fingerprint density at radius 1 is 0.600 bits per heavy atom. The maximum absolute atomic E-state index is 12.3. The first-order valence-electron chi connectivity index (χ1n) is 21.2. The number of unbranched alkanes of at least 4 members (excludes halogenated alkanes) is 17. The highest BCUT2D eigenvalue weighted by Crippen LogP contribution is 2.43. The molecule has 0 aromatic carbocycles. The van der Waals surface area contributed by atoms with Crippen LogP contribution < -0.4 is 5.32 Å². The fourth-order valence-electron chi connectivity index (χ4n) is 5.56. The van der Waals surface area contributed by atoms with Crippen molar-refractivity contribution in [1.29, 1.82) is 0 Å². The van der Waals surface area contributed by atoms with E-state index in [1.165, 1.54) is 44.9 Å². The standard InChI is InChI=1S/C43H76NO10P/c1-3-5-7-9-11-13-15-17-19-21-22-24-26-28-30-32-34-41(46)44-40(43(48)49)38-54-55(50,51)53-37-39(45)36-52-42(47)35-33-31-29-27-25-23-20-18-16-14-12-10-8-6-4-2/h6,8,12,14,18-21,39-40,45H,3-5,7,9-11,13,15-17,22-38H2,1-2H3,(H,44,46)(H,48,49)(H,50,51)/b8-6-,14-12-,20-18-,21-19-. The van der Waals surface area contributed by atoms with Crippen LogP contribution in [0.3, 0.4) is 0 Å². The minimum Gasteiger partial charge on any atom is -0.480 e. The number of ether oxygens (including phenoxy) is 1. The lowest BCUT2D eigenvalue weighted by Gasteiger charge is -2.18. The molecule has 0 aromatic rings. The van der Waals surface area contributed by atoms with Gasteiger partial charge in [0.05, 0.1) is 13.2 Å². The summed E-state index contributed by atoms with van der Waals surface area (Å²) in [5, 5.41) is 21.8. The Morgan fingerprint density at radius 3 is 1.60 bits per heavy atom. The van der Waals surface area contributed by atoms with Crippen LogP contribution in [0.25, 0.3) is 0 Å². The summed E-state index contributed by atoms with van der Waals surface area (Å²) in [6.07, 6.45) is 41.3. The molecule has 1 amide bonds. The number of aliphatic hydroxyl groups is 1. The number of carboxylic acids is 1. The van der Waals surface area contributed by atoms with Gasteiger partial charge in [-0.3, -0.25) is 18.6 Å². The number of carbonyl (C=O) groups is 3.